The van der Waals surface area contributed by atoms with Crippen molar-refractivity contribution in [2.24, 2.45) is 35.5 Å². The molecule has 0 amide bonds. The highest BCUT2D eigenvalue weighted by Crippen LogP contribution is 2.61. The fourth-order valence-corrected chi connectivity index (χ4v) is 5.32. The van der Waals surface area contributed by atoms with E-state index in [0.717, 1.165) is 29.6 Å². The second-order valence-corrected chi connectivity index (χ2v) is 6.39. The van der Waals surface area contributed by atoms with Crippen LogP contribution in [0.15, 0.2) is 0 Å². The topological polar surface area (TPSA) is 0 Å². The molecule has 15 heavy (non-hydrogen) atoms. The molecule has 0 aromatic heterocycles. The van der Waals surface area contributed by atoms with E-state index in [1.54, 1.807) is 32.1 Å². The molecule has 0 aromatic rings. The number of hydrogen-bond acceptors (Lipinski definition) is 0. The highest BCUT2D eigenvalue weighted by Gasteiger charge is 2.53. The minimum Gasteiger partial charge on any atom is -0.0651 e. The first kappa shape index (κ1) is 10.2. The van der Waals surface area contributed by atoms with E-state index in [-0.39, 0.29) is 0 Å². The molecule has 0 bridgehead atoms. The summed E-state index contributed by atoms with van der Waals surface area (Å²) in [5.41, 5.74) is 0. The Labute approximate surface area is 94.8 Å². The Hall–Kier alpha value is 0. The van der Waals surface area contributed by atoms with Crippen LogP contribution in [-0.2, 0) is 0 Å². The van der Waals surface area contributed by atoms with Gasteiger partial charge in [-0.15, -0.1) is 0 Å². The van der Waals surface area contributed by atoms with E-state index in [1.165, 1.54) is 18.8 Å². The monoisotopic (exact) mass is 206 g/mol. The smallest absolute Gasteiger partial charge is 0.0324 e. The van der Waals surface area contributed by atoms with Gasteiger partial charge in [0.1, 0.15) is 0 Å². The molecule has 0 heterocycles. The summed E-state index contributed by atoms with van der Waals surface area (Å²) in [4.78, 5) is 0. The third kappa shape index (κ3) is 1.40. The molecule has 0 spiro atoms. The van der Waals surface area contributed by atoms with Crippen LogP contribution in [-0.4, -0.2) is 0 Å². The van der Waals surface area contributed by atoms with E-state index in [9.17, 15) is 0 Å². The van der Waals surface area contributed by atoms with E-state index >= 15 is 0 Å². The lowest BCUT2D eigenvalue weighted by atomic mass is 9.45. The van der Waals surface area contributed by atoms with E-state index in [0.29, 0.717) is 0 Å². The Morgan fingerprint density at radius 3 is 2.20 bits per heavy atom. The van der Waals surface area contributed by atoms with Gasteiger partial charge in [0.2, 0.25) is 0 Å². The fourth-order valence-electron chi connectivity index (χ4n) is 5.32. The Morgan fingerprint density at radius 1 is 0.800 bits per heavy atom. The summed E-state index contributed by atoms with van der Waals surface area (Å²) in [5, 5.41) is 0. The first-order valence-corrected chi connectivity index (χ1v) is 7.35. The van der Waals surface area contributed by atoms with Crippen LogP contribution in [0.5, 0.6) is 0 Å². The zero-order chi connectivity index (χ0) is 10.4. The third-order valence-corrected chi connectivity index (χ3v) is 6.15. The van der Waals surface area contributed by atoms with Gasteiger partial charge in [-0.3, -0.25) is 0 Å². The first-order valence-electron chi connectivity index (χ1n) is 7.35. The lowest BCUT2D eigenvalue weighted by molar-refractivity contribution is -0.111. The molecule has 0 aliphatic heterocycles. The standard InChI is InChI=1S/C15H26/c1-3-10-5-6-12-9-14-11(4-2)7-8-13(10)15(12)14/h10-15H,3-9H2,1-2H3. The minimum atomic E-state index is 1.10. The Kier molecular flexibility index (Phi) is 2.57. The van der Waals surface area contributed by atoms with Gasteiger partial charge in [-0.1, -0.05) is 26.7 Å². The van der Waals surface area contributed by atoms with Crippen molar-refractivity contribution < 1.29 is 0 Å². The van der Waals surface area contributed by atoms with Gasteiger partial charge in [0.05, 0.1) is 0 Å². The van der Waals surface area contributed by atoms with Gasteiger partial charge >= 0.3 is 0 Å². The molecule has 3 aliphatic carbocycles. The van der Waals surface area contributed by atoms with Gasteiger partial charge in [-0.25, -0.2) is 0 Å². The molecule has 86 valence electrons. The maximum absolute atomic E-state index is 2.42. The molecule has 0 heteroatoms. The van der Waals surface area contributed by atoms with Crippen LogP contribution in [0.3, 0.4) is 0 Å². The average molecular weight is 206 g/mol. The van der Waals surface area contributed by atoms with Crippen molar-refractivity contribution >= 4 is 0 Å². The normalized spacial score (nSPS) is 53.2. The molecule has 6 unspecified atom stereocenters. The molecular formula is C15H26. The Balaban J connectivity index is 1.76. The van der Waals surface area contributed by atoms with Gasteiger partial charge in [-0.2, -0.15) is 0 Å². The molecule has 3 saturated carbocycles. The Bertz CT molecular complexity index is 232. The SMILES string of the molecule is CCC1CCC2CC3C(CC)CCC1C23. The highest BCUT2D eigenvalue weighted by atomic mass is 14.6. The average Bonchev–Trinajstić information content (AvgIpc) is 2.25. The van der Waals surface area contributed by atoms with E-state index < -0.39 is 0 Å². The lowest BCUT2D eigenvalue weighted by Crippen LogP contribution is -2.52. The van der Waals surface area contributed by atoms with Crippen molar-refractivity contribution in [3.05, 3.63) is 0 Å². The second kappa shape index (κ2) is 3.79. The number of rotatable bonds is 2. The summed E-state index contributed by atoms with van der Waals surface area (Å²) in [6, 6.07) is 0. The highest BCUT2D eigenvalue weighted by molar-refractivity contribution is 5.03. The maximum atomic E-state index is 2.42. The van der Waals surface area contributed by atoms with Gasteiger partial charge in [-0.05, 0) is 67.6 Å². The molecule has 3 aliphatic rings. The van der Waals surface area contributed by atoms with Gasteiger partial charge in [0.25, 0.3) is 0 Å². The van der Waals surface area contributed by atoms with Crippen LogP contribution in [0.1, 0.15) is 58.8 Å². The molecule has 6 atom stereocenters. The van der Waals surface area contributed by atoms with Crippen molar-refractivity contribution in [1.29, 1.82) is 0 Å². The Morgan fingerprint density at radius 2 is 1.47 bits per heavy atom. The summed E-state index contributed by atoms with van der Waals surface area (Å²) < 4.78 is 0. The lowest BCUT2D eigenvalue weighted by Gasteiger charge is -2.60. The van der Waals surface area contributed by atoms with Crippen molar-refractivity contribution in [3.8, 4) is 0 Å². The molecule has 0 aromatic carbocycles. The molecular weight excluding hydrogens is 180 g/mol. The van der Waals surface area contributed by atoms with Crippen molar-refractivity contribution in [3.63, 3.8) is 0 Å². The molecule has 3 rings (SSSR count). The molecule has 3 fully saturated rings. The van der Waals surface area contributed by atoms with Crippen LogP contribution in [0.4, 0.5) is 0 Å². The molecule has 0 nitrogen and oxygen atoms in total. The quantitative estimate of drug-likeness (QED) is 0.624. The number of hydrogen-bond donors (Lipinski definition) is 0. The maximum Gasteiger partial charge on any atom is -0.0324 e. The van der Waals surface area contributed by atoms with Crippen molar-refractivity contribution in [2.45, 2.75) is 58.8 Å². The van der Waals surface area contributed by atoms with Crippen LogP contribution in [0.2, 0.25) is 0 Å². The van der Waals surface area contributed by atoms with E-state index in [1.807, 2.05) is 0 Å². The van der Waals surface area contributed by atoms with Crippen molar-refractivity contribution in [1.82, 2.24) is 0 Å². The largest absolute Gasteiger partial charge is 0.0651 e. The first-order chi connectivity index (χ1) is 7.35. The predicted octanol–water partition coefficient (Wildman–Crippen LogP) is 4.49. The second-order valence-electron chi connectivity index (χ2n) is 6.39. The molecule has 0 saturated heterocycles. The predicted molar refractivity (Wildman–Crippen MR) is 64.6 cm³/mol. The van der Waals surface area contributed by atoms with Crippen molar-refractivity contribution in [2.75, 3.05) is 0 Å². The zero-order valence-corrected chi connectivity index (χ0v) is 10.4. The van der Waals surface area contributed by atoms with Gasteiger partial charge in [0.15, 0.2) is 0 Å². The summed E-state index contributed by atoms with van der Waals surface area (Å²) in [6.45, 7) is 4.84. The minimum absolute atomic E-state index is 1.10. The van der Waals surface area contributed by atoms with Crippen LogP contribution < -0.4 is 0 Å². The molecule has 0 N–H and O–H groups in total. The third-order valence-electron chi connectivity index (χ3n) is 6.15. The summed E-state index contributed by atoms with van der Waals surface area (Å²) in [7, 11) is 0. The van der Waals surface area contributed by atoms with Gasteiger partial charge < -0.3 is 0 Å². The van der Waals surface area contributed by atoms with Gasteiger partial charge in [0, 0.05) is 0 Å². The summed E-state index contributed by atoms with van der Waals surface area (Å²) in [5.74, 6) is 6.87. The van der Waals surface area contributed by atoms with Crippen LogP contribution >= 0.6 is 0 Å². The zero-order valence-electron chi connectivity index (χ0n) is 10.4. The summed E-state index contributed by atoms with van der Waals surface area (Å²) >= 11 is 0. The van der Waals surface area contributed by atoms with E-state index in [4.69, 9.17) is 0 Å². The van der Waals surface area contributed by atoms with E-state index in [2.05, 4.69) is 13.8 Å². The summed E-state index contributed by atoms with van der Waals surface area (Å²) in [6.07, 6.45) is 10.8. The van der Waals surface area contributed by atoms with Crippen LogP contribution in [0.25, 0.3) is 0 Å². The fraction of sp³-hybridized carbons (Fsp3) is 1.00. The van der Waals surface area contributed by atoms with Crippen LogP contribution in [0, 0.1) is 35.5 Å². The molecule has 0 radical (unpaired) electrons.